The lowest BCUT2D eigenvalue weighted by molar-refractivity contribution is 0.131. The van der Waals surface area contributed by atoms with Crippen molar-refractivity contribution in [2.75, 3.05) is 0 Å². The fourth-order valence-corrected chi connectivity index (χ4v) is 2.26. The lowest BCUT2D eigenvalue weighted by Crippen LogP contribution is -2.22. The largest absolute Gasteiger partial charge is 0.488 e. The Labute approximate surface area is 107 Å². The molecule has 1 fully saturated rings. The van der Waals surface area contributed by atoms with Crippen molar-refractivity contribution in [1.29, 1.82) is 0 Å². The van der Waals surface area contributed by atoms with Crippen LogP contribution in [-0.4, -0.2) is 9.93 Å². The molecule has 0 aromatic heterocycles. The van der Waals surface area contributed by atoms with E-state index >= 15 is 0 Å². The van der Waals surface area contributed by atoms with Crippen LogP contribution in [0.25, 0.3) is 0 Å². The Morgan fingerprint density at radius 1 is 1.19 bits per heavy atom. The summed E-state index contributed by atoms with van der Waals surface area (Å²) in [6.07, 6.45) is 0.843. The topological polar surface area (TPSA) is 9.23 Å². The fraction of sp³-hybridized carbons (Fsp3) is 0.538. The van der Waals surface area contributed by atoms with Crippen LogP contribution in [0.1, 0.15) is 38.7 Å². The van der Waals surface area contributed by atoms with E-state index in [1.54, 1.807) is 0 Å². The van der Waals surface area contributed by atoms with Gasteiger partial charge in [0.15, 0.2) is 0 Å². The molecule has 0 saturated heterocycles. The minimum absolute atomic E-state index is 0.163. The van der Waals surface area contributed by atoms with E-state index in [-0.39, 0.29) is 11.5 Å². The predicted octanol–water partition coefficient (Wildman–Crippen LogP) is 4.53. The molecule has 2 rings (SSSR count). The third-order valence-electron chi connectivity index (χ3n) is 2.53. The molecule has 0 spiro atoms. The zero-order chi connectivity index (χ0) is 12.0. The van der Waals surface area contributed by atoms with Gasteiger partial charge in [0.2, 0.25) is 0 Å². The van der Waals surface area contributed by atoms with E-state index in [1.165, 1.54) is 5.56 Å². The second-order valence-corrected chi connectivity index (χ2v) is 6.84. The number of hydrogen-bond acceptors (Lipinski definition) is 1. The van der Waals surface area contributed by atoms with E-state index < -0.39 is 4.33 Å². The number of rotatable bonds is 2. The molecule has 0 bridgehead atoms. The van der Waals surface area contributed by atoms with Crippen molar-refractivity contribution < 1.29 is 4.74 Å². The van der Waals surface area contributed by atoms with Crippen LogP contribution < -0.4 is 4.74 Å². The summed E-state index contributed by atoms with van der Waals surface area (Å²) in [4.78, 5) is 0. The third kappa shape index (κ3) is 2.83. The summed E-state index contributed by atoms with van der Waals surface area (Å²) < 4.78 is 5.19. The SMILES string of the molecule is CC(C)(C)Oc1ccc(C2CC2(Cl)Cl)cc1. The van der Waals surface area contributed by atoms with E-state index in [0.29, 0.717) is 0 Å². The van der Waals surface area contributed by atoms with E-state index in [0.717, 1.165) is 12.2 Å². The van der Waals surface area contributed by atoms with Gasteiger partial charge in [-0.2, -0.15) is 0 Å². The first-order valence-corrected chi connectivity index (χ1v) is 6.20. The zero-order valence-corrected chi connectivity index (χ0v) is 11.3. The third-order valence-corrected chi connectivity index (χ3v) is 3.37. The van der Waals surface area contributed by atoms with Crippen LogP contribution in [0.2, 0.25) is 0 Å². The summed E-state index contributed by atoms with van der Waals surface area (Å²) in [5.41, 5.74) is 1.02. The van der Waals surface area contributed by atoms with Crippen LogP contribution >= 0.6 is 23.2 Å². The highest BCUT2D eigenvalue weighted by molar-refractivity contribution is 6.51. The minimum atomic E-state index is -0.549. The quantitative estimate of drug-likeness (QED) is 0.709. The van der Waals surface area contributed by atoms with Gasteiger partial charge in [-0.3, -0.25) is 0 Å². The van der Waals surface area contributed by atoms with Gasteiger partial charge in [0.05, 0.1) is 0 Å². The smallest absolute Gasteiger partial charge is 0.125 e. The molecule has 1 nitrogen and oxygen atoms in total. The van der Waals surface area contributed by atoms with Crippen molar-refractivity contribution >= 4 is 23.2 Å². The summed E-state index contributed by atoms with van der Waals surface area (Å²) >= 11 is 12.0. The zero-order valence-electron chi connectivity index (χ0n) is 9.76. The predicted molar refractivity (Wildman–Crippen MR) is 68.6 cm³/mol. The van der Waals surface area contributed by atoms with E-state index in [4.69, 9.17) is 27.9 Å². The van der Waals surface area contributed by atoms with Gasteiger partial charge in [0.25, 0.3) is 0 Å². The lowest BCUT2D eigenvalue weighted by atomic mass is 10.1. The van der Waals surface area contributed by atoms with Gasteiger partial charge in [-0.1, -0.05) is 12.1 Å². The fourth-order valence-electron chi connectivity index (χ4n) is 1.70. The molecule has 0 radical (unpaired) electrons. The summed E-state index contributed by atoms with van der Waals surface area (Å²) in [6.45, 7) is 6.10. The Morgan fingerprint density at radius 3 is 2.06 bits per heavy atom. The monoisotopic (exact) mass is 258 g/mol. The lowest BCUT2D eigenvalue weighted by Gasteiger charge is -2.21. The van der Waals surface area contributed by atoms with Crippen molar-refractivity contribution in [3.63, 3.8) is 0 Å². The van der Waals surface area contributed by atoms with Crippen LogP contribution in [-0.2, 0) is 0 Å². The average molecular weight is 259 g/mol. The first-order valence-electron chi connectivity index (χ1n) is 5.45. The first kappa shape index (κ1) is 12.1. The van der Waals surface area contributed by atoms with Gasteiger partial charge in [-0.05, 0) is 44.9 Å². The van der Waals surface area contributed by atoms with Gasteiger partial charge < -0.3 is 4.74 Å². The average Bonchev–Trinajstić information content (AvgIpc) is 2.73. The molecule has 3 heteroatoms. The Kier molecular flexibility index (Phi) is 2.88. The molecule has 1 unspecified atom stereocenters. The number of benzene rings is 1. The van der Waals surface area contributed by atoms with Crippen molar-refractivity contribution in [1.82, 2.24) is 0 Å². The summed E-state index contributed by atoms with van der Waals surface area (Å²) in [7, 11) is 0. The van der Waals surface area contributed by atoms with Crippen molar-refractivity contribution in [3.05, 3.63) is 29.8 Å². The molecule has 88 valence electrons. The molecular weight excluding hydrogens is 243 g/mol. The van der Waals surface area contributed by atoms with Gasteiger partial charge in [0, 0.05) is 5.92 Å². The van der Waals surface area contributed by atoms with Crippen LogP contribution in [0.3, 0.4) is 0 Å². The summed E-state index contributed by atoms with van der Waals surface area (Å²) in [6, 6.07) is 8.03. The highest BCUT2D eigenvalue weighted by atomic mass is 35.5. The van der Waals surface area contributed by atoms with E-state index in [9.17, 15) is 0 Å². The van der Waals surface area contributed by atoms with Crippen molar-refractivity contribution in [3.8, 4) is 5.75 Å². The first-order chi connectivity index (χ1) is 7.28. The second kappa shape index (κ2) is 3.82. The molecule has 16 heavy (non-hydrogen) atoms. The molecule has 1 atom stereocenters. The number of hydrogen-bond donors (Lipinski definition) is 0. The maximum absolute atomic E-state index is 6.02. The van der Waals surface area contributed by atoms with E-state index in [2.05, 4.69) is 0 Å². The maximum atomic E-state index is 6.02. The Balaban J connectivity index is 2.06. The van der Waals surface area contributed by atoms with Gasteiger partial charge >= 0.3 is 0 Å². The van der Waals surface area contributed by atoms with Crippen LogP contribution in [0.5, 0.6) is 5.75 Å². The molecule has 0 heterocycles. The van der Waals surface area contributed by atoms with Gasteiger partial charge in [-0.25, -0.2) is 0 Å². The molecule has 0 amide bonds. The second-order valence-electron chi connectivity index (χ2n) is 5.30. The van der Waals surface area contributed by atoms with Crippen LogP contribution in [0.15, 0.2) is 24.3 Å². The van der Waals surface area contributed by atoms with Crippen molar-refractivity contribution in [2.24, 2.45) is 0 Å². The molecule has 0 aliphatic heterocycles. The van der Waals surface area contributed by atoms with Crippen LogP contribution in [0.4, 0.5) is 0 Å². The van der Waals surface area contributed by atoms with Crippen molar-refractivity contribution in [2.45, 2.75) is 43.0 Å². The minimum Gasteiger partial charge on any atom is -0.488 e. The summed E-state index contributed by atoms with van der Waals surface area (Å²) in [5.74, 6) is 1.16. The number of ether oxygens (including phenoxy) is 1. The number of halogens is 2. The molecule has 1 saturated carbocycles. The maximum Gasteiger partial charge on any atom is 0.125 e. The Morgan fingerprint density at radius 2 is 1.69 bits per heavy atom. The standard InChI is InChI=1S/C13H16Cl2O/c1-12(2,3)16-10-6-4-9(5-7-10)11-8-13(11,14)15/h4-7,11H,8H2,1-3H3. The highest BCUT2D eigenvalue weighted by Crippen LogP contribution is 2.59. The molecule has 1 aromatic rings. The van der Waals surface area contributed by atoms with E-state index in [1.807, 2.05) is 45.0 Å². The molecule has 1 aromatic carbocycles. The molecule has 0 N–H and O–H groups in total. The molecule has 1 aliphatic rings. The highest BCUT2D eigenvalue weighted by Gasteiger charge is 2.52. The number of alkyl halides is 2. The van der Waals surface area contributed by atoms with Gasteiger partial charge in [0.1, 0.15) is 15.7 Å². The van der Waals surface area contributed by atoms with Crippen LogP contribution in [0, 0.1) is 0 Å². The Bertz CT molecular complexity index is 376. The van der Waals surface area contributed by atoms with Gasteiger partial charge in [-0.15, -0.1) is 23.2 Å². The molecular formula is C13H16Cl2O. The molecule has 1 aliphatic carbocycles. The Hall–Kier alpha value is -0.400. The summed E-state index contributed by atoms with van der Waals surface area (Å²) in [5, 5.41) is 0. The normalized spacial score (nSPS) is 22.9.